The summed E-state index contributed by atoms with van der Waals surface area (Å²) < 4.78 is 0. The van der Waals surface area contributed by atoms with Gasteiger partial charge in [0, 0.05) is 13.3 Å². The number of hydrogen-bond acceptors (Lipinski definition) is 3. The molecule has 0 radical (unpaired) electrons. The summed E-state index contributed by atoms with van der Waals surface area (Å²) in [5.74, 6) is -0.317. The van der Waals surface area contributed by atoms with Gasteiger partial charge in [-0.05, 0) is 0 Å². The van der Waals surface area contributed by atoms with E-state index in [-0.39, 0.29) is 36.9 Å². The highest BCUT2D eigenvalue weighted by atomic mass is 16.3. The summed E-state index contributed by atoms with van der Waals surface area (Å²) in [6.45, 7) is 1.24. The quantitative estimate of drug-likeness (QED) is 0.468. The molecule has 2 atom stereocenters. The van der Waals surface area contributed by atoms with Gasteiger partial charge in [-0.1, -0.05) is 0 Å². The summed E-state index contributed by atoms with van der Waals surface area (Å²) in [7, 11) is 0. The first-order valence-corrected chi connectivity index (χ1v) is 3.81. The molecule has 1 heterocycles. The smallest absolute Gasteiger partial charge is 0.222 e. The van der Waals surface area contributed by atoms with Gasteiger partial charge in [-0.25, -0.2) is 0 Å². The summed E-state index contributed by atoms with van der Waals surface area (Å²) in [5, 5.41) is 13.9. The zero-order valence-corrected chi connectivity index (χ0v) is 6.83. The predicted octanol–water partition coefficient (Wildman–Crippen LogP) is -1.63. The monoisotopic (exact) mass is 172 g/mol. The summed E-state index contributed by atoms with van der Waals surface area (Å²) in [6, 6.07) is -0.596. The van der Waals surface area contributed by atoms with Crippen molar-refractivity contribution in [2.45, 2.75) is 25.4 Å². The van der Waals surface area contributed by atoms with Crippen LogP contribution in [0.4, 0.5) is 0 Å². The van der Waals surface area contributed by atoms with Crippen molar-refractivity contribution in [2.24, 2.45) is 0 Å². The number of carbonyl (C=O) groups is 2. The molecule has 0 aliphatic carbocycles. The molecule has 0 bridgehead atoms. The number of carbonyl (C=O) groups excluding carboxylic acids is 2. The van der Waals surface area contributed by atoms with Crippen LogP contribution in [0.5, 0.6) is 0 Å². The third-order valence-electron chi connectivity index (χ3n) is 1.82. The van der Waals surface area contributed by atoms with Crippen LogP contribution in [0.1, 0.15) is 13.3 Å². The van der Waals surface area contributed by atoms with Crippen LogP contribution in [0.3, 0.4) is 0 Å². The third-order valence-corrected chi connectivity index (χ3v) is 1.82. The molecule has 1 saturated heterocycles. The highest BCUT2D eigenvalue weighted by Gasteiger charge is 2.31. The number of rotatable bonds is 2. The molecule has 1 aliphatic rings. The third kappa shape index (κ3) is 1.94. The lowest BCUT2D eigenvalue weighted by atomic mass is 10.1. The standard InChI is InChI=1S/C7H12N2O3/c1-4(11)8-5-2-7(12)9-6(5)3-10/h5-6,10H,2-3H2,1H3,(H,8,11)(H,9,12). The van der Waals surface area contributed by atoms with Gasteiger partial charge >= 0.3 is 0 Å². The number of hydrogen-bond donors (Lipinski definition) is 3. The fourth-order valence-corrected chi connectivity index (χ4v) is 1.29. The molecule has 12 heavy (non-hydrogen) atoms. The zero-order chi connectivity index (χ0) is 9.14. The minimum absolute atomic E-state index is 0.132. The summed E-state index contributed by atoms with van der Waals surface area (Å²) in [5.41, 5.74) is 0. The van der Waals surface area contributed by atoms with Crippen LogP contribution in [0.25, 0.3) is 0 Å². The molecule has 0 saturated carbocycles. The van der Waals surface area contributed by atoms with Gasteiger partial charge < -0.3 is 15.7 Å². The number of amides is 2. The Balaban J connectivity index is 2.51. The maximum atomic E-state index is 10.8. The van der Waals surface area contributed by atoms with Crippen LogP contribution < -0.4 is 10.6 Å². The zero-order valence-electron chi connectivity index (χ0n) is 6.83. The number of nitrogens with one attached hydrogen (secondary N) is 2. The second-order valence-corrected chi connectivity index (χ2v) is 2.87. The van der Waals surface area contributed by atoms with Crippen LogP contribution in [-0.4, -0.2) is 35.6 Å². The average Bonchev–Trinajstić information content (AvgIpc) is 2.29. The molecule has 68 valence electrons. The highest BCUT2D eigenvalue weighted by molar-refractivity contribution is 5.82. The molecule has 1 fully saturated rings. The predicted molar refractivity (Wildman–Crippen MR) is 41.2 cm³/mol. The Labute approximate surface area is 70.1 Å². The molecule has 5 heteroatoms. The second-order valence-electron chi connectivity index (χ2n) is 2.87. The number of aliphatic hydroxyl groups excluding tert-OH is 1. The lowest BCUT2D eigenvalue weighted by molar-refractivity contribution is -0.119. The Morgan fingerprint density at radius 1 is 1.83 bits per heavy atom. The fraction of sp³-hybridized carbons (Fsp3) is 0.714. The number of aliphatic hydroxyl groups is 1. The Morgan fingerprint density at radius 2 is 2.50 bits per heavy atom. The Hall–Kier alpha value is -1.10. The summed E-state index contributed by atoms with van der Waals surface area (Å²) in [4.78, 5) is 21.5. The van der Waals surface area contributed by atoms with Crippen molar-refractivity contribution in [3.8, 4) is 0 Å². The normalized spacial score (nSPS) is 28.3. The van der Waals surface area contributed by atoms with Crippen molar-refractivity contribution in [1.82, 2.24) is 10.6 Å². The van der Waals surface area contributed by atoms with Crippen molar-refractivity contribution in [2.75, 3.05) is 6.61 Å². The lowest BCUT2D eigenvalue weighted by Crippen LogP contribution is -2.44. The van der Waals surface area contributed by atoms with Crippen molar-refractivity contribution in [3.05, 3.63) is 0 Å². The van der Waals surface area contributed by atoms with Crippen molar-refractivity contribution < 1.29 is 14.7 Å². The first-order chi connectivity index (χ1) is 5.63. The topological polar surface area (TPSA) is 78.4 Å². The van der Waals surface area contributed by atoms with Crippen molar-refractivity contribution in [1.29, 1.82) is 0 Å². The largest absolute Gasteiger partial charge is 0.394 e. The molecular weight excluding hydrogens is 160 g/mol. The minimum atomic E-state index is -0.332. The van der Waals surface area contributed by atoms with E-state index in [0.717, 1.165) is 0 Å². The van der Waals surface area contributed by atoms with E-state index in [1.54, 1.807) is 0 Å². The van der Waals surface area contributed by atoms with Gasteiger partial charge in [0.2, 0.25) is 11.8 Å². The molecule has 0 aromatic rings. The molecule has 1 aliphatic heterocycles. The van der Waals surface area contributed by atoms with E-state index in [1.807, 2.05) is 0 Å². The van der Waals surface area contributed by atoms with E-state index in [2.05, 4.69) is 10.6 Å². The maximum Gasteiger partial charge on any atom is 0.222 e. The summed E-state index contributed by atoms with van der Waals surface area (Å²) in [6.07, 6.45) is 0.255. The molecule has 2 amide bonds. The molecule has 3 N–H and O–H groups in total. The lowest BCUT2D eigenvalue weighted by Gasteiger charge is -2.16. The van der Waals surface area contributed by atoms with Gasteiger partial charge in [0.1, 0.15) is 0 Å². The SMILES string of the molecule is CC(=O)NC1CC(=O)NC1CO. The Bertz CT molecular complexity index is 205. The van der Waals surface area contributed by atoms with Gasteiger partial charge in [-0.3, -0.25) is 9.59 Å². The minimum Gasteiger partial charge on any atom is -0.394 e. The molecule has 0 aromatic heterocycles. The van der Waals surface area contributed by atoms with Crippen LogP contribution in [0.15, 0.2) is 0 Å². The first-order valence-electron chi connectivity index (χ1n) is 3.81. The van der Waals surface area contributed by atoms with Crippen LogP contribution in [0, 0.1) is 0 Å². The average molecular weight is 172 g/mol. The van der Waals surface area contributed by atoms with Crippen molar-refractivity contribution in [3.63, 3.8) is 0 Å². The Morgan fingerprint density at radius 3 is 3.00 bits per heavy atom. The molecule has 1 rings (SSSR count). The van der Waals surface area contributed by atoms with Crippen LogP contribution in [-0.2, 0) is 9.59 Å². The van der Waals surface area contributed by atoms with E-state index in [1.165, 1.54) is 6.92 Å². The van der Waals surface area contributed by atoms with Gasteiger partial charge in [0.15, 0.2) is 0 Å². The maximum absolute atomic E-state index is 10.8. The highest BCUT2D eigenvalue weighted by Crippen LogP contribution is 2.07. The molecular formula is C7H12N2O3. The van der Waals surface area contributed by atoms with Gasteiger partial charge in [-0.2, -0.15) is 0 Å². The van der Waals surface area contributed by atoms with Gasteiger partial charge in [0.25, 0.3) is 0 Å². The molecule has 5 nitrogen and oxygen atoms in total. The van der Waals surface area contributed by atoms with Crippen molar-refractivity contribution >= 4 is 11.8 Å². The molecule has 0 aromatic carbocycles. The van der Waals surface area contributed by atoms with E-state index in [0.29, 0.717) is 0 Å². The molecule has 2 unspecified atom stereocenters. The van der Waals surface area contributed by atoms with Crippen LogP contribution >= 0.6 is 0 Å². The van der Waals surface area contributed by atoms with E-state index >= 15 is 0 Å². The van der Waals surface area contributed by atoms with E-state index in [9.17, 15) is 9.59 Å². The van der Waals surface area contributed by atoms with E-state index in [4.69, 9.17) is 5.11 Å². The van der Waals surface area contributed by atoms with Crippen LogP contribution in [0.2, 0.25) is 0 Å². The first kappa shape index (κ1) is 8.99. The fourth-order valence-electron chi connectivity index (χ4n) is 1.29. The van der Waals surface area contributed by atoms with E-state index < -0.39 is 0 Å². The second kappa shape index (κ2) is 3.53. The van der Waals surface area contributed by atoms with Gasteiger partial charge in [-0.15, -0.1) is 0 Å². The molecule has 0 spiro atoms. The van der Waals surface area contributed by atoms with Gasteiger partial charge in [0.05, 0.1) is 18.7 Å². The summed E-state index contributed by atoms with van der Waals surface area (Å²) >= 11 is 0. The Kier molecular flexibility index (Phi) is 2.65.